The van der Waals surface area contributed by atoms with Crippen LogP contribution in [0.5, 0.6) is 5.75 Å². The van der Waals surface area contributed by atoms with Crippen LogP contribution in [0.4, 0.5) is 0 Å². The third-order valence-corrected chi connectivity index (χ3v) is 5.27. The molecule has 0 unspecified atom stereocenters. The zero-order chi connectivity index (χ0) is 18.6. The SMILES string of the molecule is Cc1cccc(C)c1OCCNC(=O)c1ccc(S(=O)(=O)N(C)C)o1. The Morgan fingerprint density at radius 1 is 1.16 bits per heavy atom. The van der Waals surface area contributed by atoms with E-state index in [0.29, 0.717) is 6.61 Å². The standard InChI is InChI=1S/C17H22N2O5S/c1-12-6-5-7-13(2)16(12)23-11-10-18-17(20)14-8-9-15(24-14)25(21,22)19(3)4/h5-9H,10-11H2,1-4H3,(H,18,20). The first-order chi connectivity index (χ1) is 11.7. The van der Waals surface area contributed by atoms with Gasteiger partial charge in [-0.3, -0.25) is 4.79 Å². The van der Waals surface area contributed by atoms with Crippen LogP contribution in [-0.4, -0.2) is 45.9 Å². The Morgan fingerprint density at radius 2 is 1.80 bits per heavy atom. The number of para-hydroxylation sites is 1. The summed E-state index contributed by atoms with van der Waals surface area (Å²) >= 11 is 0. The lowest BCUT2D eigenvalue weighted by Crippen LogP contribution is -2.28. The van der Waals surface area contributed by atoms with E-state index < -0.39 is 15.9 Å². The molecule has 2 rings (SSSR count). The van der Waals surface area contributed by atoms with Crippen LogP contribution < -0.4 is 10.1 Å². The van der Waals surface area contributed by atoms with Gasteiger partial charge in [0.2, 0.25) is 5.09 Å². The van der Waals surface area contributed by atoms with Gasteiger partial charge in [0.15, 0.2) is 5.76 Å². The molecule has 7 nitrogen and oxygen atoms in total. The number of hydrogen-bond acceptors (Lipinski definition) is 5. The number of hydrogen-bond donors (Lipinski definition) is 1. The van der Waals surface area contributed by atoms with Gasteiger partial charge in [-0.15, -0.1) is 0 Å². The molecule has 0 saturated heterocycles. The van der Waals surface area contributed by atoms with E-state index in [1.807, 2.05) is 32.0 Å². The fourth-order valence-corrected chi connectivity index (χ4v) is 2.99. The summed E-state index contributed by atoms with van der Waals surface area (Å²) in [5.74, 6) is 0.243. The van der Waals surface area contributed by atoms with Gasteiger partial charge < -0.3 is 14.5 Å². The van der Waals surface area contributed by atoms with Crippen LogP contribution in [0.25, 0.3) is 0 Å². The number of amides is 1. The Hall–Kier alpha value is -2.32. The van der Waals surface area contributed by atoms with Crippen LogP contribution in [0.3, 0.4) is 0 Å². The molecule has 1 N–H and O–H groups in total. The van der Waals surface area contributed by atoms with Gasteiger partial charge in [0.05, 0.1) is 6.54 Å². The van der Waals surface area contributed by atoms with Crippen molar-refractivity contribution in [3.05, 3.63) is 47.2 Å². The fraction of sp³-hybridized carbons (Fsp3) is 0.353. The number of nitrogens with one attached hydrogen (secondary N) is 1. The minimum Gasteiger partial charge on any atom is -0.491 e. The number of rotatable bonds is 7. The molecule has 0 aliphatic carbocycles. The summed E-state index contributed by atoms with van der Waals surface area (Å²) in [6.45, 7) is 4.47. The highest BCUT2D eigenvalue weighted by atomic mass is 32.2. The van der Waals surface area contributed by atoms with Crippen molar-refractivity contribution >= 4 is 15.9 Å². The van der Waals surface area contributed by atoms with Crippen LogP contribution in [0.15, 0.2) is 39.8 Å². The summed E-state index contributed by atoms with van der Waals surface area (Å²) in [6.07, 6.45) is 0. The van der Waals surface area contributed by atoms with E-state index >= 15 is 0 Å². The molecular weight excluding hydrogens is 344 g/mol. The number of furan rings is 1. The van der Waals surface area contributed by atoms with Gasteiger partial charge in [-0.1, -0.05) is 18.2 Å². The molecule has 1 aromatic carbocycles. The van der Waals surface area contributed by atoms with Gasteiger partial charge >= 0.3 is 0 Å². The first-order valence-electron chi connectivity index (χ1n) is 7.73. The second-order valence-electron chi connectivity index (χ2n) is 5.73. The van der Waals surface area contributed by atoms with Gasteiger partial charge in [-0.05, 0) is 37.1 Å². The second-order valence-corrected chi connectivity index (χ2v) is 7.81. The average molecular weight is 366 g/mol. The van der Waals surface area contributed by atoms with Gasteiger partial charge in [0.25, 0.3) is 15.9 Å². The summed E-state index contributed by atoms with van der Waals surface area (Å²) in [7, 11) is -0.916. The van der Waals surface area contributed by atoms with Crippen LogP contribution in [-0.2, 0) is 10.0 Å². The summed E-state index contributed by atoms with van der Waals surface area (Å²) in [4.78, 5) is 12.0. The Bertz CT molecular complexity index is 835. The minimum absolute atomic E-state index is 0.0625. The summed E-state index contributed by atoms with van der Waals surface area (Å²) in [5, 5.41) is 2.37. The zero-order valence-corrected chi connectivity index (χ0v) is 15.5. The predicted octanol–water partition coefficient (Wildman–Crippen LogP) is 1.96. The molecule has 0 spiro atoms. The highest BCUT2D eigenvalue weighted by Crippen LogP contribution is 2.22. The first-order valence-corrected chi connectivity index (χ1v) is 9.17. The predicted molar refractivity (Wildman–Crippen MR) is 93.3 cm³/mol. The van der Waals surface area contributed by atoms with E-state index in [0.717, 1.165) is 21.2 Å². The van der Waals surface area contributed by atoms with E-state index in [1.54, 1.807) is 0 Å². The van der Waals surface area contributed by atoms with Gasteiger partial charge in [-0.25, -0.2) is 12.7 Å². The third kappa shape index (κ3) is 4.40. The van der Waals surface area contributed by atoms with Gasteiger partial charge in [0.1, 0.15) is 12.4 Å². The Balaban J connectivity index is 1.90. The normalized spacial score (nSPS) is 11.6. The topological polar surface area (TPSA) is 88.8 Å². The van der Waals surface area contributed by atoms with Gasteiger partial charge in [-0.2, -0.15) is 0 Å². The second kappa shape index (κ2) is 7.71. The number of nitrogens with zero attached hydrogens (tertiary/aromatic N) is 1. The molecule has 0 aliphatic rings. The van der Waals surface area contributed by atoms with E-state index in [4.69, 9.17) is 9.15 Å². The molecule has 25 heavy (non-hydrogen) atoms. The van der Waals surface area contributed by atoms with E-state index in [-0.39, 0.29) is 17.4 Å². The van der Waals surface area contributed by atoms with Crippen molar-refractivity contribution in [3.8, 4) is 5.75 Å². The number of aryl methyl sites for hydroxylation is 2. The number of benzene rings is 1. The molecular formula is C17H22N2O5S. The molecule has 0 bridgehead atoms. The summed E-state index contributed by atoms with van der Waals surface area (Å²) in [6, 6.07) is 8.46. The highest BCUT2D eigenvalue weighted by molar-refractivity contribution is 7.88. The average Bonchev–Trinajstić information content (AvgIpc) is 3.04. The minimum atomic E-state index is -3.70. The van der Waals surface area contributed by atoms with Crippen molar-refractivity contribution in [1.29, 1.82) is 0 Å². The third-order valence-electron chi connectivity index (χ3n) is 3.58. The van der Waals surface area contributed by atoms with Crippen molar-refractivity contribution in [2.45, 2.75) is 18.9 Å². The number of carbonyl (C=O) groups excluding carboxylic acids is 1. The molecule has 0 saturated carbocycles. The summed E-state index contributed by atoms with van der Waals surface area (Å²) in [5.41, 5.74) is 2.05. The largest absolute Gasteiger partial charge is 0.491 e. The fourth-order valence-electron chi connectivity index (χ4n) is 2.19. The maximum absolute atomic E-state index is 12.0. The molecule has 0 radical (unpaired) electrons. The number of carbonyl (C=O) groups is 1. The van der Waals surface area contributed by atoms with Crippen LogP contribution >= 0.6 is 0 Å². The molecule has 8 heteroatoms. The molecule has 0 fully saturated rings. The molecule has 136 valence electrons. The highest BCUT2D eigenvalue weighted by Gasteiger charge is 2.23. The Labute approximate surface area is 147 Å². The lowest BCUT2D eigenvalue weighted by molar-refractivity contribution is 0.0913. The lowest BCUT2D eigenvalue weighted by atomic mass is 10.1. The molecule has 0 aliphatic heterocycles. The van der Waals surface area contributed by atoms with E-state index in [1.165, 1.54) is 26.2 Å². The number of ether oxygens (including phenoxy) is 1. The molecule has 0 atom stereocenters. The van der Waals surface area contributed by atoms with Crippen LogP contribution in [0, 0.1) is 13.8 Å². The number of sulfonamides is 1. The first kappa shape index (κ1) is 19.0. The summed E-state index contributed by atoms with van der Waals surface area (Å²) < 4.78 is 35.7. The van der Waals surface area contributed by atoms with Crippen molar-refractivity contribution < 1.29 is 22.4 Å². The maximum Gasteiger partial charge on any atom is 0.287 e. The van der Waals surface area contributed by atoms with Crippen molar-refractivity contribution in [2.24, 2.45) is 0 Å². The molecule has 1 aromatic heterocycles. The van der Waals surface area contributed by atoms with Crippen LogP contribution in [0.2, 0.25) is 0 Å². The smallest absolute Gasteiger partial charge is 0.287 e. The quantitative estimate of drug-likeness (QED) is 0.757. The van der Waals surface area contributed by atoms with Crippen molar-refractivity contribution in [3.63, 3.8) is 0 Å². The Morgan fingerprint density at radius 3 is 2.40 bits per heavy atom. The van der Waals surface area contributed by atoms with Crippen molar-refractivity contribution in [1.82, 2.24) is 9.62 Å². The monoisotopic (exact) mass is 366 g/mol. The van der Waals surface area contributed by atoms with E-state index in [9.17, 15) is 13.2 Å². The lowest BCUT2D eigenvalue weighted by Gasteiger charge is -2.12. The van der Waals surface area contributed by atoms with Crippen LogP contribution in [0.1, 0.15) is 21.7 Å². The molecule has 1 heterocycles. The molecule has 2 aromatic rings. The maximum atomic E-state index is 12.0. The van der Waals surface area contributed by atoms with Gasteiger partial charge in [0, 0.05) is 14.1 Å². The van der Waals surface area contributed by atoms with E-state index in [2.05, 4.69) is 5.32 Å². The molecule has 1 amide bonds. The zero-order valence-electron chi connectivity index (χ0n) is 14.7. The Kier molecular flexibility index (Phi) is 5.86. The van der Waals surface area contributed by atoms with Crippen molar-refractivity contribution in [2.75, 3.05) is 27.2 Å².